The maximum Gasteiger partial charge on any atom is 0.247 e. The van der Waals surface area contributed by atoms with Crippen LogP contribution in [0.1, 0.15) is 37.0 Å². The first kappa shape index (κ1) is 13.4. The van der Waals surface area contributed by atoms with Crippen molar-refractivity contribution in [2.24, 2.45) is 5.92 Å². The van der Waals surface area contributed by atoms with Gasteiger partial charge in [0.05, 0.1) is 4.92 Å². The van der Waals surface area contributed by atoms with Gasteiger partial charge in [0.15, 0.2) is 0 Å². The van der Waals surface area contributed by atoms with Crippen LogP contribution in [0.3, 0.4) is 0 Å². The molecule has 0 heterocycles. The molecule has 0 fully saturated rings. The Morgan fingerprint density at radius 2 is 1.82 bits per heavy atom. The minimum atomic E-state index is -0.280. The van der Waals surface area contributed by atoms with E-state index in [1.165, 1.54) is 0 Å². The number of aryl methyl sites for hydroxylation is 2. The van der Waals surface area contributed by atoms with Crippen LogP contribution >= 0.6 is 0 Å². The summed E-state index contributed by atoms with van der Waals surface area (Å²) in [4.78, 5) is 10.7. The number of rotatable bonds is 4. The molecule has 0 saturated heterocycles. The molecule has 3 nitrogen and oxygen atoms in total. The number of hydrogen-bond acceptors (Lipinski definition) is 2. The summed E-state index contributed by atoms with van der Waals surface area (Å²) < 4.78 is 0. The monoisotopic (exact) mass is 233 g/mol. The van der Waals surface area contributed by atoms with Gasteiger partial charge >= 0.3 is 0 Å². The zero-order valence-corrected chi connectivity index (χ0v) is 10.9. The van der Waals surface area contributed by atoms with Crippen LogP contribution in [0.15, 0.2) is 23.9 Å². The Kier molecular flexibility index (Phi) is 4.44. The summed E-state index contributed by atoms with van der Waals surface area (Å²) in [7, 11) is 0. The van der Waals surface area contributed by atoms with Crippen LogP contribution < -0.4 is 0 Å². The fourth-order valence-corrected chi connectivity index (χ4v) is 1.89. The van der Waals surface area contributed by atoms with Gasteiger partial charge in [-0.3, -0.25) is 10.1 Å². The summed E-state index contributed by atoms with van der Waals surface area (Å²) in [5.74, 6) is 0.289. The summed E-state index contributed by atoms with van der Waals surface area (Å²) in [5, 5.41) is 10.9. The summed E-state index contributed by atoms with van der Waals surface area (Å²) in [6.45, 7) is 7.97. The van der Waals surface area contributed by atoms with Gasteiger partial charge in [-0.15, -0.1) is 0 Å². The normalized spacial score (nSPS) is 11.9. The summed E-state index contributed by atoms with van der Waals surface area (Å²) in [5.41, 5.74) is 3.45. The van der Waals surface area contributed by atoms with E-state index in [1.807, 2.05) is 39.8 Å². The fraction of sp³-hybridized carbons (Fsp3) is 0.429. The molecule has 0 spiro atoms. The van der Waals surface area contributed by atoms with Crippen LogP contribution in [0, 0.1) is 29.9 Å². The van der Waals surface area contributed by atoms with Crippen LogP contribution in [0.2, 0.25) is 0 Å². The second kappa shape index (κ2) is 5.62. The Bertz CT molecular complexity index is 427. The maximum absolute atomic E-state index is 10.9. The zero-order valence-electron chi connectivity index (χ0n) is 10.9. The Morgan fingerprint density at radius 3 is 2.24 bits per heavy atom. The fourth-order valence-electron chi connectivity index (χ4n) is 1.89. The highest BCUT2D eigenvalue weighted by Crippen LogP contribution is 2.17. The topological polar surface area (TPSA) is 43.1 Å². The Morgan fingerprint density at radius 1 is 1.29 bits per heavy atom. The van der Waals surface area contributed by atoms with Crippen LogP contribution in [0.5, 0.6) is 0 Å². The predicted octanol–water partition coefficient (Wildman–Crippen LogP) is 3.97. The van der Waals surface area contributed by atoms with Gasteiger partial charge < -0.3 is 0 Å². The molecule has 0 saturated carbocycles. The van der Waals surface area contributed by atoms with Gasteiger partial charge in [-0.25, -0.2) is 0 Å². The minimum Gasteiger partial charge on any atom is -0.259 e. The summed E-state index contributed by atoms with van der Waals surface area (Å²) >= 11 is 0. The molecular weight excluding hydrogens is 214 g/mol. The van der Waals surface area contributed by atoms with Gasteiger partial charge in [0.2, 0.25) is 5.70 Å². The third-order valence-corrected chi connectivity index (χ3v) is 2.43. The molecule has 0 unspecified atom stereocenters. The van der Waals surface area contributed by atoms with E-state index in [9.17, 15) is 10.1 Å². The second-order valence-corrected chi connectivity index (χ2v) is 4.91. The van der Waals surface area contributed by atoms with E-state index in [2.05, 4.69) is 6.07 Å². The lowest BCUT2D eigenvalue weighted by molar-refractivity contribution is -0.427. The van der Waals surface area contributed by atoms with Crippen molar-refractivity contribution < 1.29 is 4.92 Å². The third kappa shape index (κ3) is 4.39. The van der Waals surface area contributed by atoms with Crippen LogP contribution in [0.4, 0.5) is 0 Å². The molecule has 1 aromatic rings. The Hall–Kier alpha value is -1.64. The number of allylic oxidation sites excluding steroid dienone is 1. The van der Waals surface area contributed by atoms with Gasteiger partial charge in [-0.2, -0.15) is 0 Å². The van der Waals surface area contributed by atoms with Crippen molar-refractivity contribution in [3.8, 4) is 0 Å². The van der Waals surface area contributed by atoms with Gasteiger partial charge in [-0.05, 0) is 25.3 Å². The van der Waals surface area contributed by atoms with Crippen molar-refractivity contribution in [3.05, 3.63) is 50.7 Å². The van der Waals surface area contributed by atoms with E-state index in [-0.39, 0.29) is 16.5 Å². The molecule has 0 amide bonds. The molecule has 0 aliphatic carbocycles. The molecule has 92 valence electrons. The highest BCUT2D eigenvalue weighted by atomic mass is 16.6. The second-order valence-electron chi connectivity index (χ2n) is 4.91. The predicted molar refractivity (Wildman–Crippen MR) is 70.3 cm³/mol. The molecule has 3 heteroatoms. The van der Waals surface area contributed by atoms with E-state index < -0.39 is 0 Å². The van der Waals surface area contributed by atoms with Crippen molar-refractivity contribution in [2.75, 3.05) is 0 Å². The molecule has 0 atom stereocenters. The lowest BCUT2D eigenvalue weighted by atomic mass is 10.0. The van der Waals surface area contributed by atoms with Crippen molar-refractivity contribution in [3.63, 3.8) is 0 Å². The largest absolute Gasteiger partial charge is 0.259 e. The van der Waals surface area contributed by atoms with Gasteiger partial charge in [0, 0.05) is 12.5 Å². The van der Waals surface area contributed by atoms with E-state index in [0.29, 0.717) is 6.42 Å². The molecule has 0 aromatic heterocycles. The first-order valence-corrected chi connectivity index (χ1v) is 5.81. The lowest BCUT2D eigenvalue weighted by Gasteiger charge is -2.04. The lowest BCUT2D eigenvalue weighted by Crippen LogP contribution is -2.02. The third-order valence-electron chi connectivity index (χ3n) is 2.43. The van der Waals surface area contributed by atoms with E-state index >= 15 is 0 Å². The van der Waals surface area contributed by atoms with E-state index in [1.54, 1.807) is 6.08 Å². The Balaban J connectivity index is 3.08. The van der Waals surface area contributed by atoms with E-state index in [0.717, 1.165) is 16.7 Å². The SMILES string of the molecule is Cc1cc(C)cc(/C=C(\CC(C)C)[N+](=O)[O-])c1. The highest BCUT2D eigenvalue weighted by Gasteiger charge is 2.12. The molecule has 0 N–H and O–H groups in total. The first-order valence-electron chi connectivity index (χ1n) is 5.81. The molecule has 1 rings (SSSR count). The summed E-state index contributed by atoms with van der Waals surface area (Å²) in [6.07, 6.45) is 2.18. The van der Waals surface area contributed by atoms with Gasteiger partial charge in [-0.1, -0.05) is 43.2 Å². The van der Waals surface area contributed by atoms with E-state index in [4.69, 9.17) is 0 Å². The summed E-state index contributed by atoms with van der Waals surface area (Å²) in [6, 6.07) is 6.00. The average Bonchev–Trinajstić information content (AvgIpc) is 2.13. The van der Waals surface area contributed by atoms with Crippen LogP contribution in [-0.4, -0.2) is 4.92 Å². The molecular formula is C14H19NO2. The van der Waals surface area contributed by atoms with Gasteiger partial charge in [0.1, 0.15) is 0 Å². The highest BCUT2D eigenvalue weighted by molar-refractivity contribution is 5.53. The number of benzene rings is 1. The van der Waals surface area contributed by atoms with Crippen molar-refractivity contribution in [1.29, 1.82) is 0 Å². The molecule has 0 bridgehead atoms. The maximum atomic E-state index is 10.9. The average molecular weight is 233 g/mol. The van der Waals surface area contributed by atoms with Crippen LogP contribution in [0.25, 0.3) is 6.08 Å². The van der Waals surface area contributed by atoms with Crippen molar-refractivity contribution in [2.45, 2.75) is 34.1 Å². The zero-order chi connectivity index (χ0) is 13.0. The Labute approximate surface area is 102 Å². The number of hydrogen-bond donors (Lipinski definition) is 0. The quantitative estimate of drug-likeness (QED) is 0.583. The molecule has 0 radical (unpaired) electrons. The number of nitrogens with zero attached hydrogens (tertiary/aromatic N) is 1. The minimum absolute atomic E-state index is 0.280. The number of nitro groups is 1. The molecule has 1 aromatic carbocycles. The molecule has 0 aliphatic heterocycles. The molecule has 0 aliphatic rings. The molecule has 17 heavy (non-hydrogen) atoms. The van der Waals surface area contributed by atoms with Crippen molar-refractivity contribution >= 4 is 6.08 Å². The first-order chi connectivity index (χ1) is 7.88. The van der Waals surface area contributed by atoms with Crippen LogP contribution in [-0.2, 0) is 0 Å². The van der Waals surface area contributed by atoms with Gasteiger partial charge in [0.25, 0.3) is 0 Å². The standard InChI is InChI=1S/C14H19NO2/c1-10(2)5-14(15(16)17)9-13-7-11(3)6-12(4)8-13/h6-10H,5H2,1-4H3/b14-9+. The van der Waals surface area contributed by atoms with Crippen molar-refractivity contribution in [1.82, 2.24) is 0 Å². The smallest absolute Gasteiger partial charge is 0.247 e.